The normalized spacial score (nSPS) is 18.6. The highest BCUT2D eigenvalue weighted by molar-refractivity contribution is 7.17. The average molecular weight is 254 g/mol. The lowest BCUT2D eigenvalue weighted by atomic mass is 9.93. The molecular weight excluding hydrogens is 236 g/mol. The quantitative estimate of drug-likeness (QED) is 0.901. The van der Waals surface area contributed by atoms with Gasteiger partial charge in [0.05, 0.1) is 5.69 Å². The molecule has 1 aliphatic heterocycles. The van der Waals surface area contributed by atoms with Crippen LogP contribution in [0.3, 0.4) is 0 Å². The van der Waals surface area contributed by atoms with E-state index in [1.807, 2.05) is 6.92 Å². The Labute approximate surface area is 105 Å². The Bertz CT molecular complexity index is 440. The van der Waals surface area contributed by atoms with Gasteiger partial charge in [-0.1, -0.05) is 32.1 Å². The largest absolute Gasteiger partial charge is 0.477 e. The third-order valence-electron chi connectivity index (χ3n) is 3.16. The SMILES string of the molecule is CCc1nc(N2CCC(C)(C)C2)sc1C(=O)O. The summed E-state index contributed by atoms with van der Waals surface area (Å²) < 4.78 is 0. The molecule has 1 aromatic heterocycles. The van der Waals surface area contributed by atoms with Crippen molar-refractivity contribution in [3.63, 3.8) is 0 Å². The summed E-state index contributed by atoms with van der Waals surface area (Å²) in [6, 6.07) is 0. The third kappa shape index (κ3) is 2.44. The Kier molecular flexibility index (Phi) is 3.12. The van der Waals surface area contributed by atoms with Crippen molar-refractivity contribution in [3.8, 4) is 0 Å². The highest BCUT2D eigenvalue weighted by atomic mass is 32.1. The first-order valence-electron chi connectivity index (χ1n) is 5.91. The van der Waals surface area contributed by atoms with Gasteiger partial charge in [0.15, 0.2) is 5.13 Å². The minimum Gasteiger partial charge on any atom is -0.477 e. The molecule has 0 aromatic carbocycles. The van der Waals surface area contributed by atoms with Crippen molar-refractivity contribution in [1.29, 1.82) is 0 Å². The van der Waals surface area contributed by atoms with Gasteiger partial charge in [0.2, 0.25) is 0 Å². The van der Waals surface area contributed by atoms with E-state index in [-0.39, 0.29) is 0 Å². The van der Waals surface area contributed by atoms with Gasteiger partial charge in [-0.25, -0.2) is 9.78 Å². The minimum atomic E-state index is -0.857. The van der Waals surface area contributed by atoms with Crippen molar-refractivity contribution in [2.24, 2.45) is 5.41 Å². The minimum absolute atomic E-state index is 0.307. The number of aromatic nitrogens is 1. The summed E-state index contributed by atoms with van der Waals surface area (Å²) in [5.41, 5.74) is 1.02. The van der Waals surface area contributed by atoms with Gasteiger partial charge in [0.25, 0.3) is 0 Å². The highest BCUT2D eigenvalue weighted by Crippen LogP contribution is 2.35. The van der Waals surface area contributed by atoms with E-state index in [4.69, 9.17) is 5.11 Å². The van der Waals surface area contributed by atoms with Crippen LogP contribution in [0.2, 0.25) is 0 Å². The van der Waals surface area contributed by atoms with Crippen molar-refractivity contribution in [2.45, 2.75) is 33.6 Å². The number of rotatable bonds is 3. The van der Waals surface area contributed by atoms with E-state index < -0.39 is 5.97 Å². The molecule has 4 nitrogen and oxygen atoms in total. The van der Waals surface area contributed by atoms with Crippen molar-refractivity contribution >= 4 is 22.4 Å². The molecule has 1 fully saturated rings. The molecule has 94 valence electrons. The predicted octanol–water partition coefficient (Wildman–Crippen LogP) is 2.64. The number of nitrogens with zero attached hydrogens (tertiary/aromatic N) is 2. The molecule has 1 aliphatic rings. The zero-order chi connectivity index (χ0) is 12.6. The van der Waals surface area contributed by atoms with E-state index in [1.54, 1.807) is 0 Å². The zero-order valence-electron chi connectivity index (χ0n) is 10.5. The van der Waals surface area contributed by atoms with Crippen LogP contribution in [-0.4, -0.2) is 29.1 Å². The standard InChI is InChI=1S/C12H18N2O2S/c1-4-8-9(10(15)16)17-11(13-8)14-6-5-12(2,3)7-14/h4-7H2,1-3H3,(H,15,16). The summed E-state index contributed by atoms with van der Waals surface area (Å²) in [5, 5.41) is 9.97. The number of carbonyl (C=O) groups is 1. The molecule has 17 heavy (non-hydrogen) atoms. The van der Waals surface area contributed by atoms with Gasteiger partial charge in [-0.05, 0) is 18.3 Å². The number of carboxylic acids is 1. The van der Waals surface area contributed by atoms with E-state index in [0.717, 1.165) is 24.6 Å². The molecule has 5 heteroatoms. The Hall–Kier alpha value is -1.10. The lowest BCUT2D eigenvalue weighted by Crippen LogP contribution is -2.22. The van der Waals surface area contributed by atoms with Crippen LogP contribution in [0.1, 0.15) is 42.6 Å². The summed E-state index contributed by atoms with van der Waals surface area (Å²) in [4.78, 5) is 18.1. The number of thiazole rings is 1. The number of hydrogen-bond donors (Lipinski definition) is 1. The zero-order valence-corrected chi connectivity index (χ0v) is 11.3. The lowest BCUT2D eigenvalue weighted by Gasteiger charge is -2.18. The van der Waals surface area contributed by atoms with Crippen LogP contribution in [0.15, 0.2) is 0 Å². The van der Waals surface area contributed by atoms with Crippen molar-refractivity contribution in [2.75, 3.05) is 18.0 Å². The predicted molar refractivity (Wildman–Crippen MR) is 69.1 cm³/mol. The first-order valence-corrected chi connectivity index (χ1v) is 6.72. The Morgan fingerprint density at radius 1 is 1.59 bits per heavy atom. The topological polar surface area (TPSA) is 53.4 Å². The van der Waals surface area contributed by atoms with Crippen LogP contribution >= 0.6 is 11.3 Å². The van der Waals surface area contributed by atoms with Crippen molar-refractivity contribution in [3.05, 3.63) is 10.6 Å². The fourth-order valence-corrected chi connectivity index (χ4v) is 3.18. The molecule has 0 atom stereocenters. The van der Waals surface area contributed by atoms with E-state index in [1.165, 1.54) is 11.3 Å². The Morgan fingerprint density at radius 3 is 2.71 bits per heavy atom. The second-order valence-corrected chi connectivity index (χ2v) is 6.24. The number of hydrogen-bond acceptors (Lipinski definition) is 4. The maximum Gasteiger partial charge on any atom is 0.347 e. The van der Waals surface area contributed by atoms with Gasteiger partial charge >= 0.3 is 5.97 Å². The Balaban J connectivity index is 2.26. The molecule has 1 N–H and O–H groups in total. The second kappa shape index (κ2) is 4.29. The fraction of sp³-hybridized carbons (Fsp3) is 0.667. The molecule has 0 saturated carbocycles. The molecule has 0 aliphatic carbocycles. The Morgan fingerprint density at radius 2 is 2.29 bits per heavy atom. The third-order valence-corrected chi connectivity index (χ3v) is 4.31. The smallest absolute Gasteiger partial charge is 0.347 e. The fourth-order valence-electron chi connectivity index (χ4n) is 2.16. The highest BCUT2D eigenvalue weighted by Gasteiger charge is 2.31. The summed E-state index contributed by atoms with van der Waals surface area (Å²) in [7, 11) is 0. The molecule has 1 saturated heterocycles. The van der Waals surface area contributed by atoms with Crippen molar-refractivity contribution < 1.29 is 9.90 Å². The maximum absolute atomic E-state index is 11.1. The summed E-state index contributed by atoms with van der Waals surface area (Å²) in [6.45, 7) is 8.35. The van der Waals surface area contributed by atoms with Gasteiger partial charge < -0.3 is 10.0 Å². The molecule has 0 radical (unpaired) electrons. The van der Waals surface area contributed by atoms with Crippen LogP contribution in [0, 0.1) is 5.41 Å². The van der Waals surface area contributed by atoms with Gasteiger partial charge in [0.1, 0.15) is 4.88 Å². The van der Waals surface area contributed by atoms with E-state index >= 15 is 0 Å². The van der Waals surface area contributed by atoms with E-state index in [9.17, 15) is 4.79 Å². The summed E-state index contributed by atoms with van der Waals surface area (Å²) >= 11 is 1.31. The molecular formula is C12H18N2O2S. The van der Waals surface area contributed by atoms with E-state index in [0.29, 0.717) is 22.4 Å². The molecule has 1 aromatic rings. The van der Waals surface area contributed by atoms with Gasteiger partial charge in [-0.2, -0.15) is 0 Å². The number of aryl methyl sites for hydroxylation is 1. The van der Waals surface area contributed by atoms with Crippen LogP contribution < -0.4 is 4.90 Å². The number of carboxylic acid groups (broad SMARTS) is 1. The van der Waals surface area contributed by atoms with Crippen molar-refractivity contribution in [1.82, 2.24) is 4.98 Å². The van der Waals surface area contributed by atoms with Gasteiger partial charge in [-0.15, -0.1) is 0 Å². The number of anilines is 1. The number of aromatic carboxylic acids is 1. The van der Waals surface area contributed by atoms with Crippen LogP contribution in [0.4, 0.5) is 5.13 Å². The van der Waals surface area contributed by atoms with E-state index in [2.05, 4.69) is 23.7 Å². The molecule has 0 amide bonds. The second-order valence-electron chi connectivity index (χ2n) is 5.27. The first-order chi connectivity index (χ1) is 7.93. The van der Waals surface area contributed by atoms with Crippen LogP contribution in [0.25, 0.3) is 0 Å². The molecule has 0 bridgehead atoms. The van der Waals surface area contributed by atoms with Crippen LogP contribution in [-0.2, 0) is 6.42 Å². The van der Waals surface area contributed by atoms with Gasteiger partial charge in [0, 0.05) is 13.1 Å². The maximum atomic E-state index is 11.1. The first kappa shape index (κ1) is 12.4. The summed E-state index contributed by atoms with van der Waals surface area (Å²) in [5.74, 6) is -0.857. The van der Waals surface area contributed by atoms with Crippen LogP contribution in [0.5, 0.6) is 0 Å². The molecule has 0 spiro atoms. The molecule has 2 heterocycles. The molecule has 0 unspecified atom stereocenters. The lowest BCUT2D eigenvalue weighted by molar-refractivity contribution is 0.0701. The monoisotopic (exact) mass is 254 g/mol. The average Bonchev–Trinajstić information content (AvgIpc) is 2.80. The summed E-state index contributed by atoms with van der Waals surface area (Å²) in [6.07, 6.45) is 1.81. The van der Waals surface area contributed by atoms with Gasteiger partial charge in [-0.3, -0.25) is 0 Å². The molecule has 2 rings (SSSR count).